The molecule has 5 nitrogen and oxygen atoms in total. The number of nitrogens with one attached hydrogen (secondary N) is 1. The van der Waals surface area contributed by atoms with Crippen LogP contribution in [0.3, 0.4) is 0 Å². The number of ether oxygens (including phenoxy) is 1. The summed E-state index contributed by atoms with van der Waals surface area (Å²) in [6, 6.07) is 5.48. The maximum atomic E-state index is 10.9. The number of nitro benzene ring substituents is 1. The fourth-order valence-corrected chi connectivity index (χ4v) is 1.85. The van der Waals surface area contributed by atoms with Crippen molar-refractivity contribution < 1.29 is 9.66 Å². The van der Waals surface area contributed by atoms with Gasteiger partial charge in [0.25, 0.3) is 5.69 Å². The van der Waals surface area contributed by atoms with Crippen LogP contribution < -0.4 is 5.32 Å². The standard InChI is InChI=1S/C14H22N2O3/c1-4-19-9-5-8-15-12(3)13-7-6-11(2)14(10-13)16(17)18/h6-7,10,12,15H,4-5,8-9H2,1-3H3. The Morgan fingerprint density at radius 2 is 2.21 bits per heavy atom. The summed E-state index contributed by atoms with van der Waals surface area (Å²) in [5.41, 5.74) is 1.81. The van der Waals surface area contributed by atoms with Crippen LogP contribution in [0.1, 0.15) is 37.4 Å². The van der Waals surface area contributed by atoms with Gasteiger partial charge in [-0.1, -0.05) is 12.1 Å². The van der Waals surface area contributed by atoms with Gasteiger partial charge in [0.05, 0.1) is 4.92 Å². The lowest BCUT2D eigenvalue weighted by Crippen LogP contribution is -2.21. The molecule has 1 atom stereocenters. The van der Waals surface area contributed by atoms with Gasteiger partial charge >= 0.3 is 0 Å². The van der Waals surface area contributed by atoms with E-state index >= 15 is 0 Å². The highest BCUT2D eigenvalue weighted by atomic mass is 16.6. The minimum atomic E-state index is -0.333. The number of nitrogens with zero attached hydrogens (tertiary/aromatic N) is 1. The highest BCUT2D eigenvalue weighted by molar-refractivity contribution is 5.43. The molecule has 1 N–H and O–H groups in total. The zero-order chi connectivity index (χ0) is 14.3. The average molecular weight is 266 g/mol. The van der Waals surface area contributed by atoms with Gasteiger partial charge in [-0.2, -0.15) is 0 Å². The first kappa shape index (κ1) is 15.6. The fourth-order valence-electron chi connectivity index (χ4n) is 1.85. The molecule has 1 unspecified atom stereocenters. The Balaban J connectivity index is 2.55. The van der Waals surface area contributed by atoms with Crippen LogP contribution in [0.15, 0.2) is 18.2 Å². The second kappa shape index (κ2) is 7.86. The van der Waals surface area contributed by atoms with Gasteiger partial charge in [0, 0.05) is 30.9 Å². The van der Waals surface area contributed by atoms with E-state index in [1.165, 1.54) is 0 Å². The van der Waals surface area contributed by atoms with E-state index in [1.54, 1.807) is 19.1 Å². The first-order chi connectivity index (χ1) is 9.06. The maximum absolute atomic E-state index is 10.9. The van der Waals surface area contributed by atoms with Crippen molar-refractivity contribution in [3.05, 3.63) is 39.4 Å². The second-order valence-electron chi connectivity index (χ2n) is 4.53. The third kappa shape index (κ3) is 4.96. The molecule has 5 heteroatoms. The Labute approximate surface area is 114 Å². The largest absolute Gasteiger partial charge is 0.382 e. The molecule has 1 rings (SSSR count). The molecule has 0 saturated carbocycles. The van der Waals surface area contributed by atoms with E-state index in [4.69, 9.17) is 4.74 Å². The van der Waals surface area contributed by atoms with Gasteiger partial charge in [-0.15, -0.1) is 0 Å². The van der Waals surface area contributed by atoms with Crippen LogP contribution in [0.4, 0.5) is 5.69 Å². The molecule has 0 bridgehead atoms. The molecule has 0 saturated heterocycles. The molecule has 0 aliphatic rings. The van der Waals surface area contributed by atoms with E-state index in [2.05, 4.69) is 5.32 Å². The summed E-state index contributed by atoms with van der Waals surface area (Å²) < 4.78 is 5.26. The van der Waals surface area contributed by atoms with Gasteiger partial charge in [0.1, 0.15) is 0 Å². The first-order valence-corrected chi connectivity index (χ1v) is 6.62. The summed E-state index contributed by atoms with van der Waals surface area (Å²) in [7, 11) is 0. The molecule has 1 aromatic rings. The molecular weight excluding hydrogens is 244 g/mol. The number of rotatable bonds is 8. The summed E-state index contributed by atoms with van der Waals surface area (Å²) >= 11 is 0. The highest BCUT2D eigenvalue weighted by Gasteiger charge is 2.13. The molecule has 0 fully saturated rings. The number of hydrogen-bond donors (Lipinski definition) is 1. The number of nitro groups is 1. The summed E-state index contributed by atoms with van der Waals surface area (Å²) in [6.45, 7) is 8.05. The topological polar surface area (TPSA) is 64.4 Å². The quantitative estimate of drug-likeness (QED) is 0.446. The van der Waals surface area contributed by atoms with Crippen LogP contribution in [0.2, 0.25) is 0 Å². The van der Waals surface area contributed by atoms with E-state index in [-0.39, 0.29) is 16.7 Å². The molecule has 0 spiro atoms. The van der Waals surface area contributed by atoms with Gasteiger partial charge in [0.2, 0.25) is 0 Å². The van der Waals surface area contributed by atoms with E-state index in [0.717, 1.165) is 31.7 Å². The van der Waals surface area contributed by atoms with Gasteiger partial charge < -0.3 is 10.1 Å². The van der Waals surface area contributed by atoms with Crippen LogP contribution in [0.5, 0.6) is 0 Å². The Morgan fingerprint density at radius 1 is 1.47 bits per heavy atom. The lowest BCUT2D eigenvalue weighted by atomic mass is 10.0. The monoisotopic (exact) mass is 266 g/mol. The van der Waals surface area contributed by atoms with Crippen molar-refractivity contribution in [1.29, 1.82) is 0 Å². The Bertz CT molecular complexity index is 421. The summed E-state index contributed by atoms with van der Waals surface area (Å²) in [5.74, 6) is 0. The first-order valence-electron chi connectivity index (χ1n) is 6.62. The summed E-state index contributed by atoms with van der Waals surface area (Å²) in [6.07, 6.45) is 0.937. The zero-order valence-corrected chi connectivity index (χ0v) is 11.8. The van der Waals surface area contributed by atoms with Crippen LogP contribution in [-0.4, -0.2) is 24.7 Å². The number of hydrogen-bond acceptors (Lipinski definition) is 4. The van der Waals surface area contributed by atoms with Crippen LogP contribution in [0.25, 0.3) is 0 Å². The molecule has 0 aromatic heterocycles. The van der Waals surface area contributed by atoms with Gasteiger partial charge in [-0.3, -0.25) is 10.1 Å². The van der Waals surface area contributed by atoms with Crippen molar-refractivity contribution in [2.24, 2.45) is 0 Å². The molecule has 0 radical (unpaired) electrons. The smallest absolute Gasteiger partial charge is 0.272 e. The summed E-state index contributed by atoms with van der Waals surface area (Å²) in [5, 5.41) is 14.2. The van der Waals surface area contributed by atoms with E-state index in [1.807, 2.05) is 19.9 Å². The fraction of sp³-hybridized carbons (Fsp3) is 0.571. The Kier molecular flexibility index (Phi) is 6.45. The van der Waals surface area contributed by atoms with E-state index < -0.39 is 0 Å². The number of benzene rings is 1. The van der Waals surface area contributed by atoms with E-state index in [9.17, 15) is 10.1 Å². The highest BCUT2D eigenvalue weighted by Crippen LogP contribution is 2.23. The lowest BCUT2D eigenvalue weighted by molar-refractivity contribution is -0.385. The second-order valence-corrected chi connectivity index (χ2v) is 4.53. The predicted molar refractivity (Wildman–Crippen MR) is 75.4 cm³/mol. The maximum Gasteiger partial charge on any atom is 0.272 e. The van der Waals surface area contributed by atoms with Crippen molar-refractivity contribution in [2.45, 2.75) is 33.2 Å². The third-order valence-electron chi connectivity index (χ3n) is 3.05. The van der Waals surface area contributed by atoms with Crippen LogP contribution in [0, 0.1) is 17.0 Å². The van der Waals surface area contributed by atoms with Gasteiger partial charge in [-0.25, -0.2) is 0 Å². The minimum absolute atomic E-state index is 0.0981. The molecule has 0 aliphatic heterocycles. The molecular formula is C14H22N2O3. The van der Waals surface area contributed by atoms with Crippen LogP contribution >= 0.6 is 0 Å². The van der Waals surface area contributed by atoms with Crippen molar-refractivity contribution in [3.63, 3.8) is 0 Å². The molecule has 0 amide bonds. The molecule has 106 valence electrons. The van der Waals surface area contributed by atoms with Crippen molar-refractivity contribution in [1.82, 2.24) is 5.32 Å². The van der Waals surface area contributed by atoms with Crippen molar-refractivity contribution in [2.75, 3.05) is 19.8 Å². The van der Waals surface area contributed by atoms with Crippen molar-refractivity contribution >= 4 is 5.69 Å². The molecule has 0 aliphatic carbocycles. The van der Waals surface area contributed by atoms with E-state index in [0.29, 0.717) is 5.56 Å². The third-order valence-corrected chi connectivity index (χ3v) is 3.05. The Morgan fingerprint density at radius 3 is 2.84 bits per heavy atom. The SMILES string of the molecule is CCOCCCNC(C)c1ccc(C)c([N+](=O)[O-])c1. The average Bonchev–Trinajstić information content (AvgIpc) is 2.38. The predicted octanol–water partition coefficient (Wildman–Crippen LogP) is 2.98. The molecule has 19 heavy (non-hydrogen) atoms. The molecule has 1 aromatic carbocycles. The van der Waals surface area contributed by atoms with Gasteiger partial charge in [0.15, 0.2) is 0 Å². The Hall–Kier alpha value is -1.46. The zero-order valence-electron chi connectivity index (χ0n) is 11.8. The van der Waals surface area contributed by atoms with Crippen molar-refractivity contribution in [3.8, 4) is 0 Å². The normalized spacial score (nSPS) is 12.4. The minimum Gasteiger partial charge on any atom is -0.382 e. The van der Waals surface area contributed by atoms with Gasteiger partial charge in [-0.05, 0) is 39.3 Å². The van der Waals surface area contributed by atoms with Crippen LogP contribution in [-0.2, 0) is 4.74 Å². The lowest BCUT2D eigenvalue weighted by Gasteiger charge is -2.14. The number of aryl methyl sites for hydroxylation is 1. The summed E-state index contributed by atoms with van der Waals surface area (Å²) in [4.78, 5) is 10.6. The molecule has 0 heterocycles.